The third-order valence-corrected chi connectivity index (χ3v) is 2.02. The van der Waals surface area contributed by atoms with Gasteiger partial charge >= 0.3 is 5.97 Å². The van der Waals surface area contributed by atoms with Crippen molar-refractivity contribution in [3.05, 3.63) is 40.7 Å². The lowest BCUT2D eigenvalue weighted by Crippen LogP contribution is -1.90. The molecule has 0 saturated carbocycles. The molecule has 4 heteroatoms. The minimum atomic E-state index is -1.06. The summed E-state index contributed by atoms with van der Waals surface area (Å²) in [5, 5.41) is 8.50. The second-order valence-electron chi connectivity index (χ2n) is 2.79. The van der Waals surface area contributed by atoms with Crippen LogP contribution in [-0.2, 0) is 4.79 Å². The standard InChI is InChI=1S/C10H8ClFO2/c1-6(4-10(13)14)7-2-3-8(11)9(12)5-7/h2-5H,1H3,(H,13,14). The van der Waals surface area contributed by atoms with E-state index in [1.54, 1.807) is 13.0 Å². The van der Waals surface area contributed by atoms with Gasteiger partial charge in [-0.1, -0.05) is 17.7 Å². The van der Waals surface area contributed by atoms with E-state index in [1.165, 1.54) is 12.1 Å². The third kappa shape index (κ3) is 2.57. The van der Waals surface area contributed by atoms with Gasteiger partial charge in [0.1, 0.15) is 5.82 Å². The van der Waals surface area contributed by atoms with Crippen LogP contribution >= 0.6 is 11.6 Å². The zero-order valence-electron chi connectivity index (χ0n) is 7.42. The quantitative estimate of drug-likeness (QED) is 0.769. The Morgan fingerprint density at radius 2 is 2.21 bits per heavy atom. The van der Waals surface area contributed by atoms with Crippen LogP contribution in [0, 0.1) is 5.82 Å². The lowest BCUT2D eigenvalue weighted by atomic mass is 10.1. The van der Waals surface area contributed by atoms with Crippen molar-refractivity contribution in [2.24, 2.45) is 0 Å². The average Bonchev–Trinajstić information content (AvgIpc) is 2.08. The van der Waals surface area contributed by atoms with Crippen LogP contribution in [0.15, 0.2) is 24.3 Å². The molecular formula is C10H8ClFO2. The maximum absolute atomic E-state index is 13.0. The van der Waals surface area contributed by atoms with Gasteiger partial charge in [0, 0.05) is 6.08 Å². The summed E-state index contributed by atoms with van der Waals surface area (Å²) < 4.78 is 13.0. The van der Waals surface area contributed by atoms with Gasteiger partial charge in [0.25, 0.3) is 0 Å². The van der Waals surface area contributed by atoms with E-state index >= 15 is 0 Å². The Morgan fingerprint density at radius 3 is 2.71 bits per heavy atom. The molecule has 0 saturated heterocycles. The zero-order chi connectivity index (χ0) is 10.7. The van der Waals surface area contributed by atoms with Crippen LogP contribution in [0.4, 0.5) is 4.39 Å². The molecular weight excluding hydrogens is 207 g/mol. The number of carbonyl (C=O) groups is 1. The smallest absolute Gasteiger partial charge is 0.328 e. The fourth-order valence-corrected chi connectivity index (χ4v) is 1.13. The molecule has 0 unspecified atom stereocenters. The monoisotopic (exact) mass is 214 g/mol. The topological polar surface area (TPSA) is 37.3 Å². The highest BCUT2D eigenvalue weighted by Crippen LogP contribution is 2.20. The van der Waals surface area contributed by atoms with E-state index in [-0.39, 0.29) is 5.02 Å². The highest BCUT2D eigenvalue weighted by atomic mass is 35.5. The number of hydrogen-bond acceptors (Lipinski definition) is 1. The summed E-state index contributed by atoms with van der Waals surface area (Å²) in [4.78, 5) is 10.3. The molecule has 0 radical (unpaired) electrons. The molecule has 0 fully saturated rings. The van der Waals surface area contributed by atoms with Crippen LogP contribution in [0.25, 0.3) is 5.57 Å². The Hall–Kier alpha value is -1.35. The third-order valence-electron chi connectivity index (χ3n) is 1.71. The van der Waals surface area contributed by atoms with Crippen molar-refractivity contribution in [1.29, 1.82) is 0 Å². The summed E-state index contributed by atoms with van der Waals surface area (Å²) in [6, 6.07) is 4.17. The number of allylic oxidation sites excluding steroid dienone is 1. The van der Waals surface area contributed by atoms with Crippen LogP contribution in [0.1, 0.15) is 12.5 Å². The molecule has 0 aromatic heterocycles. The fourth-order valence-electron chi connectivity index (χ4n) is 1.01. The Balaban J connectivity index is 3.09. The van der Waals surface area contributed by atoms with E-state index in [4.69, 9.17) is 16.7 Å². The summed E-state index contributed by atoms with van der Waals surface area (Å²) in [6.07, 6.45) is 1.02. The van der Waals surface area contributed by atoms with Gasteiger partial charge in [0.2, 0.25) is 0 Å². The van der Waals surface area contributed by atoms with Crippen molar-refractivity contribution < 1.29 is 14.3 Å². The van der Waals surface area contributed by atoms with Gasteiger partial charge in [-0.15, -0.1) is 0 Å². The highest BCUT2D eigenvalue weighted by Gasteiger charge is 2.03. The largest absolute Gasteiger partial charge is 0.478 e. The van der Waals surface area contributed by atoms with Gasteiger partial charge in [-0.25, -0.2) is 9.18 Å². The van der Waals surface area contributed by atoms with Gasteiger partial charge in [-0.05, 0) is 30.2 Å². The summed E-state index contributed by atoms with van der Waals surface area (Å²) in [5.41, 5.74) is 0.988. The Bertz CT molecular complexity index is 399. The van der Waals surface area contributed by atoms with Gasteiger partial charge in [0.15, 0.2) is 0 Å². The Labute approximate surface area is 85.6 Å². The number of benzene rings is 1. The molecule has 0 aliphatic rings. The molecule has 0 aliphatic heterocycles. The predicted octanol–water partition coefficient (Wildman–Crippen LogP) is 2.97. The molecule has 0 aliphatic carbocycles. The number of halogens is 2. The van der Waals surface area contributed by atoms with Crippen LogP contribution in [0.5, 0.6) is 0 Å². The van der Waals surface area contributed by atoms with Crippen LogP contribution in [-0.4, -0.2) is 11.1 Å². The molecule has 0 amide bonds. The van der Waals surface area contributed by atoms with Crippen molar-refractivity contribution in [2.75, 3.05) is 0 Å². The molecule has 0 spiro atoms. The number of carboxylic acid groups (broad SMARTS) is 1. The first-order chi connectivity index (χ1) is 6.50. The van der Waals surface area contributed by atoms with Crippen molar-refractivity contribution >= 4 is 23.1 Å². The summed E-state index contributed by atoms with van der Waals surface area (Å²) in [7, 11) is 0. The lowest BCUT2D eigenvalue weighted by Gasteiger charge is -2.01. The van der Waals surface area contributed by atoms with Crippen molar-refractivity contribution in [3.8, 4) is 0 Å². The second-order valence-corrected chi connectivity index (χ2v) is 3.20. The lowest BCUT2D eigenvalue weighted by molar-refractivity contribution is -0.131. The normalized spacial score (nSPS) is 11.5. The number of carboxylic acids is 1. The van der Waals surface area contributed by atoms with Gasteiger partial charge in [-0.3, -0.25) is 0 Å². The molecule has 1 rings (SSSR count). The van der Waals surface area contributed by atoms with Gasteiger partial charge in [-0.2, -0.15) is 0 Å². The summed E-state index contributed by atoms with van der Waals surface area (Å²) in [5.74, 6) is -1.61. The molecule has 0 heterocycles. The highest BCUT2D eigenvalue weighted by molar-refractivity contribution is 6.30. The van der Waals surface area contributed by atoms with E-state index in [0.717, 1.165) is 6.08 Å². The van der Waals surface area contributed by atoms with E-state index in [9.17, 15) is 9.18 Å². The van der Waals surface area contributed by atoms with E-state index < -0.39 is 11.8 Å². The summed E-state index contributed by atoms with van der Waals surface area (Å²) >= 11 is 5.48. The molecule has 0 bridgehead atoms. The Kier molecular flexibility index (Phi) is 3.25. The first-order valence-electron chi connectivity index (χ1n) is 3.87. The van der Waals surface area contributed by atoms with Crippen molar-refractivity contribution in [3.63, 3.8) is 0 Å². The first-order valence-corrected chi connectivity index (χ1v) is 4.25. The summed E-state index contributed by atoms with van der Waals surface area (Å²) in [6.45, 7) is 1.59. The second kappa shape index (κ2) is 4.24. The molecule has 1 aromatic rings. The zero-order valence-corrected chi connectivity index (χ0v) is 8.18. The molecule has 14 heavy (non-hydrogen) atoms. The van der Waals surface area contributed by atoms with Crippen molar-refractivity contribution in [1.82, 2.24) is 0 Å². The maximum Gasteiger partial charge on any atom is 0.328 e. The fraction of sp³-hybridized carbons (Fsp3) is 0.100. The number of hydrogen-bond donors (Lipinski definition) is 1. The van der Waals surface area contributed by atoms with Crippen molar-refractivity contribution in [2.45, 2.75) is 6.92 Å². The number of aliphatic carboxylic acids is 1. The number of rotatable bonds is 2. The maximum atomic E-state index is 13.0. The minimum absolute atomic E-state index is 0.0249. The molecule has 1 aromatic carbocycles. The molecule has 74 valence electrons. The predicted molar refractivity (Wildman–Crippen MR) is 52.7 cm³/mol. The van der Waals surface area contributed by atoms with Crippen LogP contribution in [0.3, 0.4) is 0 Å². The van der Waals surface area contributed by atoms with Crippen LogP contribution < -0.4 is 0 Å². The van der Waals surface area contributed by atoms with Crippen LogP contribution in [0.2, 0.25) is 5.02 Å². The SMILES string of the molecule is CC(=CC(=O)O)c1ccc(Cl)c(F)c1. The molecule has 0 atom stereocenters. The first kappa shape index (κ1) is 10.7. The van der Waals surface area contributed by atoms with E-state index in [0.29, 0.717) is 11.1 Å². The van der Waals surface area contributed by atoms with Gasteiger partial charge in [0.05, 0.1) is 5.02 Å². The minimum Gasteiger partial charge on any atom is -0.478 e. The Morgan fingerprint density at radius 1 is 1.57 bits per heavy atom. The van der Waals surface area contributed by atoms with Gasteiger partial charge < -0.3 is 5.11 Å². The average molecular weight is 215 g/mol. The molecule has 1 N–H and O–H groups in total. The van der Waals surface area contributed by atoms with E-state index in [1.807, 2.05) is 0 Å². The van der Waals surface area contributed by atoms with E-state index in [2.05, 4.69) is 0 Å². The molecule has 2 nitrogen and oxygen atoms in total.